The molecule has 0 aliphatic carbocycles. The Bertz CT molecular complexity index is 750. The van der Waals surface area contributed by atoms with E-state index in [1.54, 1.807) is 0 Å². The van der Waals surface area contributed by atoms with Crippen LogP contribution >= 0.6 is 23.1 Å². The summed E-state index contributed by atoms with van der Waals surface area (Å²) in [6, 6.07) is -0.906. The number of H-pyrrole nitrogens is 1. The molecular formula is C11H12N4O3S2. The van der Waals surface area contributed by atoms with Crippen LogP contribution in [0.2, 0.25) is 0 Å². The summed E-state index contributed by atoms with van der Waals surface area (Å²) in [7, 11) is 0. The highest BCUT2D eigenvalue weighted by atomic mass is 32.2. The number of carbonyl (C=O) groups is 2. The summed E-state index contributed by atoms with van der Waals surface area (Å²) in [5.41, 5.74) is 5.52. The third-order valence-corrected chi connectivity index (χ3v) is 4.59. The van der Waals surface area contributed by atoms with E-state index in [4.69, 9.17) is 5.73 Å². The monoisotopic (exact) mass is 312 g/mol. The van der Waals surface area contributed by atoms with E-state index in [1.165, 1.54) is 11.3 Å². The Morgan fingerprint density at radius 1 is 1.45 bits per heavy atom. The number of nitrogens with one attached hydrogen (secondary N) is 2. The van der Waals surface area contributed by atoms with E-state index >= 15 is 0 Å². The van der Waals surface area contributed by atoms with Gasteiger partial charge in [-0.3, -0.25) is 14.9 Å². The molecule has 4 N–H and O–H groups in total. The summed E-state index contributed by atoms with van der Waals surface area (Å²) in [6.07, 6.45) is 0. The highest BCUT2D eigenvalue weighted by Crippen LogP contribution is 2.27. The molecule has 0 saturated carbocycles. The second-order valence-corrected chi connectivity index (χ2v) is 6.20. The first-order valence-corrected chi connectivity index (χ1v) is 7.40. The Morgan fingerprint density at radius 2 is 2.15 bits per heavy atom. The SMILES string of the molecule is Cc1sc2nc(SCC(=O)NC(N)=O)[nH]c(=O)c2c1C. The number of nitrogens with zero attached hydrogens (tertiary/aromatic N) is 1. The van der Waals surface area contributed by atoms with E-state index in [-0.39, 0.29) is 11.3 Å². The molecule has 0 unspecified atom stereocenters. The van der Waals surface area contributed by atoms with Crippen molar-refractivity contribution in [3.8, 4) is 0 Å². The predicted molar refractivity (Wildman–Crippen MR) is 78.2 cm³/mol. The first-order valence-electron chi connectivity index (χ1n) is 5.60. The molecule has 0 radical (unpaired) electrons. The van der Waals surface area contributed by atoms with E-state index in [2.05, 4.69) is 9.97 Å². The third-order valence-electron chi connectivity index (χ3n) is 2.62. The van der Waals surface area contributed by atoms with Crippen LogP contribution in [-0.4, -0.2) is 27.7 Å². The van der Waals surface area contributed by atoms with E-state index in [9.17, 15) is 14.4 Å². The van der Waals surface area contributed by atoms with Crippen molar-refractivity contribution in [1.29, 1.82) is 0 Å². The largest absolute Gasteiger partial charge is 0.351 e. The van der Waals surface area contributed by atoms with Crippen LogP contribution in [0.25, 0.3) is 10.2 Å². The number of thioether (sulfide) groups is 1. The maximum absolute atomic E-state index is 12.0. The van der Waals surface area contributed by atoms with Crippen LogP contribution < -0.4 is 16.6 Å². The molecule has 0 spiro atoms. The molecule has 2 aromatic rings. The number of aromatic amines is 1. The lowest BCUT2D eigenvalue weighted by atomic mass is 10.2. The van der Waals surface area contributed by atoms with Gasteiger partial charge in [0.25, 0.3) is 5.56 Å². The Kier molecular flexibility index (Phi) is 4.09. The third kappa shape index (κ3) is 2.99. The first-order chi connectivity index (χ1) is 9.38. The average molecular weight is 312 g/mol. The molecule has 0 bridgehead atoms. The van der Waals surface area contributed by atoms with Crippen molar-refractivity contribution in [2.24, 2.45) is 5.73 Å². The number of hydrogen-bond donors (Lipinski definition) is 3. The predicted octanol–water partition coefficient (Wildman–Crippen LogP) is 0.888. The summed E-state index contributed by atoms with van der Waals surface area (Å²) in [6.45, 7) is 3.80. The fraction of sp³-hybridized carbons (Fsp3) is 0.273. The van der Waals surface area contributed by atoms with Gasteiger partial charge in [0.15, 0.2) is 5.16 Å². The van der Waals surface area contributed by atoms with Crippen molar-refractivity contribution in [2.45, 2.75) is 19.0 Å². The summed E-state index contributed by atoms with van der Waals surface area (Å²) < 4.78 is 0. The zero-order valence-corrected chi connectivity index (χ0v) is 12.4. The Hall–Kier alpha value is -1.87. The maximum Gasteiger partial charge on any atom is 0.318 e. The van der Waals surface area contributed by atoms with Gasteiger partial charge in [0, 0.05) is 4.88 Å². The van der Waals surface area contributed by atoms with Crippen LogP contribution in [-0.2, 0) is 4.79 Å². The highest BCUT2D eigenvalue weighted by molar-refractivity contribution is 7.99. The lowest BCUT2D eigenvalue weighted by molar-refractivity contribution is -0.117. The molecule has 106 valence electrons. The van der Waals surface area contributed by atoms with Gasteiger partial charge >= 0.3 is 6.03 Å². The quantitative estimate of drug-likeness (QED) is 0.574. The van der Waals surface area contributed by atoms with Gasteiger partial charge in [-0.05, 0) is 19.4 Å². The highest BCUT2D eigenvalue weighted by Gasteiger charge is 2.13. The molecule has 3 amide bonds. The number of urea groups is 1. The molecule has 0 aliphatic heterocycles. The lowest BCUT2D eigenvalue weighted by Crippen LogP contribution is -2.36. The summed E-state index contributed by atoms with van der Waals surface area (Å²) in [5, 5.41) is 2.86. The van der Waals surface area contributed by atoms with Crippen molar-refractivity contribution < 1.29 is 9.59 Å². The van der Waals surface area contributed by atoms with Crippen LogP contribution in [0.1, 0.15) is 10.4 Å². The van der Waals surface area contributed by atoms with Gasteiger partial charge in [0.2, 0.25) is 5.91 Å². The van der Waals surface area contributed by atoms with Crippen LogP contribution in [0.15, 0.2) is 9.95 Å². The van der Waals surface area contributed by atoms with Crippen molar-refractivity contribution in [1.82, 2.24) is 15.3 Å². The van der Waals surface area contributed by atoms with Gasteiger partial charge in [-0.1, -0.05) is 11.8 Å². The topological polar surface area (TPSA) is 118 Å². The molecule has 9 heteroatoms. The van der Waals surface area contributed by atoms with Crippen molar-refractivity contribution in [2.75, 3.05) is 5.75 Å². The number of amides is 3. The fourth-order valence-corrected chi connectivity index (χ4v) is 3.36. The standard InChI is InChI=1S/C11H12N4O3S2/c1-4-5(2)20-9-7(4)8(17)14-11(15-9)19-3-6(16)13-10(12)18/h3H2,1-2H3,(H,14,15,17)(H3,12,13,16,18). The van der Waals surface area contributed by atoms with Gasteiger partial charge in [-0.15, -0.1) is 11.3 Å². The number of thiophene rings is 1. The number of nitrogens with two attached hydrogens (primary N) is 1. The minimum Gasteiger partial charge on any atom is -0.351 e. The molecule has 0 atom stereocenters. The van der Waals surface area contributed by atoms with Crippen molar-refractivity contribution in [3.63, 3.8) is 0 Å². The van der Waals surface area contributed by atoms with Gasteiger partial charge in [-0.2, -0.15) is 0 Å². The van der Waals surface area contributed by atoms with Crippen molar-refractivity contribution in [3.05, 3.63) is 20.8 Å². The zero-order chi connectivity index (χ0) is 14.9. The van der Waals surface area contributed by atoms with Gasteiger partial charge in [-0.25, -0.2) is 9.78 Å². The number of carbonyl (C=O) groups excluding carboxylic acids is 2. The van der Waals surface area contributed by atoms with Gasteiger partial charge in [0.05, 0.1) is 11.1 Å². The number of aromatic nitrogens is 2. The molecule has 2 rings (SSSR count). The number of imide groups is 1. The molecule has 0 saturated heterocycles. The van der Waals surface area contributed by atoms with Crippen LogP contribution in [0.3, 0.4) is 0 Å². The Balaban J connectivity index is 2.22. The summed E-state index contributed by atoms with van der Waals surface area (Å²) in [4.78, 5) is 42.4. The van der Waals surface area contributed by atoms with Crippen LogP contribution in [0.4, 0.5) is 4.79 Å². The fourth-order valence-electron chi connectivity index (χ4n) is 1.61. The Morgan fingerprint density at radius 3 is 2.80 bits per heavy atom. The van der Waals surface area contributed by atoms with Crippen molar-refractivity contribution >= 4 is 45.3 Å². The van der Waals surface area contributed by atoms with Crippen LogP contribution in [0, 0.1) is 13.8 Å². The maximum atomic E-state index is 12.0. The normalized spacial score (nSPS) is 10.7. The lowest BCUT2D eigenvalue weighted by Gasteiger charge is -2.01. The number of rotatable bonds is 3. The molecule has 7 nitrogen and oxygen atoms in total. The zero-order valence-electron chi connectivity index (χ0n) is 10.8. The van der Waals surface area contributed by atoms with Gasteiger partial charge in [0.1, 0.15) is 4.83 Å². The van der Waals surface area contributed by atoms with E-state index < -0.39 is 11.9 Å². The second kappa shape index (κ2) is 5.63. The van der Waals surface area contributed by atoms with E-state index in [0.717, 1.165) is 22.2 Å². The van der Waals surface area contributed by atoms with E-state index in [1.807, 2.05) is 19.2 Å². The first kappa shape index (κ1) is 14.5. The number of fused-ring (bicyclic) bond motifs is 1. The molecule has 2 heterocycles. The minimum absolute atomic E-state index is 0.0548. The average Bonchev–Trinajstić information content (AvgIpc) is 2.62. The number of primary amides is 1. The van der Waals surface area contributed by atoms with E-state index in [0.29, 0.717) is 15.4 Å². The Labute approximate surface area is 122 Å². The second-order valence-electron chi connectivity index (χ2n) is 4.04. The molecule has 20 heavy (non-hydrogen) atoms. The molecule has 0 fully saturated rings. The summed E-state index contributed by atoms with van der Waals surface area (Å²) >= 11 is 2.47. The molecule has 0 aromatic carbocycles. The van der Waals surface area contributed by atoms with Gasteiger partial charge < -0.3 is 10.7 Å². The molecular weight excluding hydrogens is 300 g/mol. The number of aryl methyl sites for hydroxylation is 2. The molecule has 0 aliphatic rings. The minimum atomic E-state index is -0.906. The smallest absolute Gasteiger partial charge is 0.318 e. The molecule has 2 aromatic heterocycles. The summed E-state index contributed by atoms with van der Waals surface area (Å²) in [5.74, 6) is -0.593. The van der Waals surface area contributed by atoms with Crippen LogP contribution in [0.5, 0.6) is 0 Å². The number of hydrogen-bond acceptors (Lipinski definition) is 6.